The molecule has 1 heteroatoms. The van der Waals surface area contributed by atoms with E-state index in [4.69, 9.17) is 0 Å². The van der Waals surface area contributed by atoms with Gasteiger partial charge in [0.25, 0.3) is 0 Å². The average molecular weight is 248 g/mol. The molecule has 18 heavy (non-hydrogen) atoms. The molecule has 0 amide bonds. The van der Waals surface area contributed by atoms with Crippen LogP contribution in [0.4, 0.5) is 0 Å². The fraction of sp³-hybridized carbons (Fsp3) is 0.824. The first kappa shape index (κ1) is 13.8. The SMILES string of the molecule is C[C@H]1CC(=O)C2=C(CCCCCCCCCC2)C1. The normalized spacial score (nSPS) is 28.3. The standard InChI is InChI=1S/C17H28O/c1-14-12-15-10-8-6-4-2-3-5-7-9-11-16(15)17(18)13-14/h14H,2-13H2,1H3/t14-/m1/s1. The molecule has 2 aliphatic carbocycles. The molecule has 0 aliphatic heterocycles. The van der Waals surface area contributed by atoms with E-state index < -0.39 is 0 Å². The first-order valence-corrected chi connectivity index (χ1v) is 8.01. The molecular weight excluding hydrogens is 220 g/mol. The lowest BCUT2D eigenvalue weighted by Gasteiger charge is -2.24. The van der Waals surface area contributed by atoms with E-state index in [1.807, 2.05) is 0 Å². The van der Waals surface area contributed by atoms with Crippen LogP contribution in [0.2, 0.25) is 0 Å². The van der Waals surface area contributed by atoms with Gasteiger partial charge in [-0.25, -0.2) is 0 Å². The Hall–Kier alpha value is -0.590. The second-order valence-corrected chi connectivity index (χ2v) is 6.35. The van der Waals surface area contributed by atoms with Crippen molar-refractivity contribution in [3.05, 3.63) is 11.1 Å². The lowest BCUT2D eigenvalue weighted by Crippen LogP contribution is -2.18. The maximum atomic E-state index is 12.2. The van der Waals surface area contributed by atoms with Crippen molar-refractivity contribution in [2.75, 3.05) is 0 Å². The van der Waals surface area contributed by atoms with Crippen LogP contribution in [-0.4, -0.2) is 5.78 Å². The molecule has 2 rings (SSSR count). The van der Waals surface area contributed by atoms with Gasteiger partial charge in [0.2, 0.25) is 0 Å². The number of carbonyl (C=O) groups is 1. The van der Waals surface area contributed by atoms with Gasteiger partial charge in [0.15, 0.2) is 5.78 Å². The number of allylic oxidation sites excluding steroid dienone is 2. The molecule has 0 aromatic heterocycles. The van der Waals surface area contributed by atoms with Crippen LogP contribution in [0.3, 0.4) is 0 Å². The molecule has 0 bridgehead atoms. The fourth-order valence-corrected chi connectivity index (χ4v) is 3.52. The summed E-state index contributed by atoms with van der Waals surface area (Å²) < 4.78 is 0. The monoisotopic (exact) mass is 248 g/mol. The molecule has 0 unspecified atom stereocenters. The molecule has 0 radical (unpaired) electrons. The highest BCUT2D eigenvalue weighted by molar-refractivity contribution is 5.97. The molecule has 0 saturated heterocycles. The summed E-state index contributed by atoms with van der Waals surface area (Å²) in [7, 11) is 0. The first-order valence-electron chi connectivity index (χ1n) is 8.01. The Balaban J connectivity index is 2.05. The molecular formula is C17H28O. The minimum Gasteiger partial charge on any atom is -0.295 e. The molecule has 0 N–H and O–H groups in total. The highest BCUT2D eigenvalue weighted by Gasteiger charge is 2.24. The van der Waals surface area contributed by atoms with E-state index in [9.17, 15) is 4.79 Å². The van der Waals surface area contributed by atoms with Gasteiger partial charge in [-0.05, 0) is 43.6 Å². The smallest absolute Gasteiger partial charge is 0.159 e. The van der Waals surface area contributed by atoms with Gasteiger partial charge in [-0.15, -0.1) is 0 Å². The predicted octanol–water partition coefficient (Wildman–Crippen LogP) is 5.20. The van der Waals surface area contributed by atoms with E-state index >= 15 is 0 Å². The Bertz CT molecular complexity index is 314. The van der Waals surface area contributed by atoms with Crippen LogP contribution in [0.1, 0.15) is 84.0 Å². The third kappa shape index (κ3) is 3.96. The van der Waals surface area contributed by atoms with E-state index in [0.29, 0.717) is 11.7 Å². The Labute approximate surface area is 112 Å². The molecule has 1 nitrogen and oxygen atoms in total. The second-order valence-electron chi connectivity index (χ2n) is 6.35. The topological polar surface area (TPSA) is 17.1 Å². The van der Waals surface area contributed by atoms with Gasteiger partial charge in [0.05, 0.1) is 0 Å². The predicted molar refractivity (Wildman–Crippen MR) is 76.6 cm³/mol. The summed E-state index contributed by atoms with van der Waals surface area (Å²) in [6, 6.07) is 0. The third-order valence-corrected chi connectivity index (χ3v) is 4.55. The van der Waals surface area contributed by atoms with E-state index in [1.54, 1.807) is 0 Å². The molecule has 0 saturated carbocycles. The van der Waals surface area contributed by atoms with Crippen LogP contribution in [0.25, 0.3) is 0 Å². The molecule has 0 fully saturated rings. The summed E-state index contributed by atoms with van der Waals surface area (Å²) in [6.07, 6.45) is 15.1. The van der Waals surface area contributed by atoms with Crippen LogP contribution in [0, 0.1) is 5.92 Å². The number of Topliss-reactive ketones (excluding diaryl/α,β-unsaturated/α-hetero) is 1. The number of hydrogen-bond donors (Lipinski definition) is 0. The zero-order chi connectivity index (χ0) is 12.8. The van der Waals surface area contributed by atoms with Gasteiger partial charge in [-0.3, -0.25) is 4.79 Å². The largest absolute Gasteiger partial charge is 0.295 e. The van der Waals surface area contributed by atoms with Crippen molar-refractivity contribution in [3.63, 3.8) is 0 Å². The van der Waals surface area contributed by atoms with Crippen molar-refractivity contribution in [3.8, 4) is 0 Å². The summed E-state index contributed by atoms with van der Waals surface area (Å²) in [5.41, 5.74) is 2.77. The van der Waals surface area contributed by atoms with E-state index in [-0.39, 0.29) is 0 Å². The van der Waals surface area contributed by atoms with Crippen LogP contribution in [-0.2, 0) is 4.79 Å². The average Bonchev–Trinajstić information content (AvgIpc) is 2.31. The van der Waals surface area contributed by atoms with Crippen LogP contribution < -0.4 is 0 Å². The Morgan fingerprint density at radius 3 is 2.00 bits per heavy atom. The second kappa shape index (κ2) is 7.11. The summed E-state index contributed by atoms with van der Waals surface area (Å²) in [5, 5.41) is 0. The van der Waals surface area contributed by atoms with E-state index in [0.717, 1.165) is 12.8 Å². The van der Waals surface area contributed by atoms with Crippen molar-refractivity contribution >= 4 is 5.78 Å². The molecule has 102 valence electrons. The molecule has 0 aromatic rings. The minimum absolute atomic E-state index is 0.473. The maximum Gasteiger partial charge on any atom is 0.159 e. The van der Waals surface area contributed by atoms with E-state index in [2.05, 4.69) is 6.92 Å². The quantitative estimate of drug-likeness (QED) is 0.576. The van der Waals surface area contributed by atoms with Gasteiger partial charge in [-0.1, -0.05) is 51.0 Å². The Morgan fingerprint density at radius 2 is 1.33 bits per heavy atom. The zero-order valence-electron chi connectivity index (χ0n) is 12.0. The molecule has 2 aliphatic rings. The first-order chi connectivity index (χ1) is 8.77. The summed E-state index contributed by atoms with van der Waals surface area (Å²) >= 11 is 0. The third-order valence-electron chi connectivity index (χ3n) is 4.55. The van der Waals surface area contributed by atoms with Crippen molar-refractivity contribution in [2.24, 2.45) is 5.92 Å². The highest BCUT2D eigenvalue weighted by Crippen LogP contribution is 2.33. The van der Waals surface area contributed by atoms with Crippen molar-refractivity contribution in [2.45, 2.75) is 84.0 Å². The van der Waals surface area contributed by atoms with Crippen molar-refractivity contribution in [1.82, 2.24) is 0 Å². The maximum absolute atomic E-state index is 12.2. The zero-order valence-corrected chi connectivity index (χ0v) is 12.0. The van der Waals surface area contributed by atoms with Crippen LogP contribution in [0.5, 0.6) is 0 Å². The molecule has 1 atom stereocenters. The highest BCUT2D eigenvalue weighted by atomic mass is 16.1. The van der Waals surface area contributed by atoms with Gasteiger partial charge in [0, 0.05) is 6.42 Å². The summed E-state index contributed by atoms with van der Waals surface area (Å²) in [6.45, 7) is 2.23. The van der Waals surface area contributed by atoms with Crippen molar-refractivity contribution < 1.29 is 4.79 Å². The fourth-order valence-electron chi connectivity index (χ4n) is 3.52. The Morgan fingerprint density at radius 1 is 0.778 bits per heavy atom. The van der Waals surface area contributed by atoms with Gasteiger partial charge >= 0.3 is 0 Å². The van der Waals surface area contributed by atoms with Crippen LogP contribution >= 0.6 is 0 Å². The van der Waals surface area contributed by atoms with Gasteiger partial charge < -0.3 is 0 Å². The van der Waals surface area contributed by atoms with E-state index in [1.165, 1.54) is 75.4 Å². The summed E-state index contributed by atoms with van der Waals surface area (Å²) in [5.74, 6) is 1.06. The van der Waals surface area contributed by atoms with Crippen molar-refractivity contribution in [1.29, 1.82) is 0 Å². The lowest BCUT2D eigenvalue weighted by atomic mass is 9.80. The number of ketones is 1. The lowest BCUT2D eigenvalue weighted by molar-refractivity contribution is -0.117. The number of hydrogen-bond acceptors (Lipinski definition) is 1. The molecule has 0 spiro atoms. The van der Waals surface area contributed by atoms with Gasteiger partial charge in [0.1, 0.15) is 0 Å². The Kier molecular flexibility index (Phi) is 5.46. The minimum atomic E-state index is 0.473. The summed E-state index contributed by atoms with van der Waals surface area (Å²) in [4.78, 5) is 12.2. The van der Waals surface area contributed by atoms with Crippen LogP contribution in [0.15, 0.2) is 11.1 Å². The molecule has 0 heterocycles. The number of rotatable bonds is 0. The van der Waals surface area contributed by atoms with Gasteiger partial charge in [-0.2, -0.15) is 0 Å². The molecule has 0 aromatic carbocycles. The number of carbonyl (C=O) groups excluding carboxylic acids is 1.